The number of nitrogens with two attached hydrogens (primary N) is 1. The molecule has 0 aromatic carbocycles. The molecular formula is C13H10ClN3O2. The van der Waals surface area contributed by atoms with Gasteiger partial charge in [0.15, 0.2) is 5.78 Å². The molecule has 0 aliphatic heterocycles. The largest absolute Gasteiger partial charge is 0.366 e. The van der Waals surface area contributed by atoms with Crippen LogP contribution in [0.1, 0.15) is 26.4 Å². The molecule has 0 radical (unpaired) electrons. The number of hydrogen-bond acceptors (Lipinski definition) is 4. The number of pyridine rings is 2. The summed E-state index contributed by atoms with van der Waals surface area (Å²) in [7, 11) is 0. The zero-order valence-corrected chi connectivity index (χ0v) is 10.6. The number of rotatable bonds is 4. The number of hydrogen-bond donors (Lipinski definition) is 1. The van der Waals surface area contributed by atoms with Crippen LogP contribution in [0.2, 0.25) is 5.15 Å². The van der Waals surface area contributed by atoms with E-state index in [1.54, 1.807) is 6.07 Å². The summed E-state index contributed by atoms with van der Waals surface area (Å²) in [5.41, 5.74) is 6.42. The van der Waals surface area contributed by atoms with Crippen LogP contribution in [0.3, 0.4) is 0 Å². The third-order valence-corrected chi connectivity index (χ3v) is 2.70. The monoisotopic (exact) mass is 275 g/mol. The van der Waals surface area contributed by atoms with Crippen molar-refractivity contribution in [3.05, 3.63) is 58.6 Å². The Bertz CT molecular complexity index is 643. The summed E-state index contributed by atoms with van der Waals surface area (Å²) in [5.74, 6) is -0.707. The van der Waals surface area contributed by atoms with Gasteiger partial charge in [-0.05, 0) is 24.3 Å². The molecular weight excluding hydrogens is 266 g/mol. The number of carbonyl (C=O) groups is 2. The highest BCUT2D eigenvalue weighted by molar-refractivity contribution is 6.29. The van der Waals surface area contributed by atoms with Crippen LogP contribution in [0.4, 0.5) is 0 Å². The van der Waals surface area contributed by atoms with Crippen LogP contribution in [0.15, 0.2) is 36.7 Å². The molecule has 2 rings (SSSR count). The number of aromatic nitrogens is 2. The first-order chi connectivity index (χ1) is 9.06. The van der Waals surface area contributed by atoms with Crippen molar-refractivity contribution < 1.29 is 9.59 Å². The molecule has 2 N–H and O–H groups in total. The van der Waals surface area contributed by atoms with Crippen molar-refractivity contribution in [3.8, 4) is 0 Å². The summed E-state index contributed by atoms with van der Waals surface area (Å²) in [5, 5.41) is 0.254. The quantitative estimate of drug-likeness (QED) is 0.679. The van der Waals surface area contributed by atoms with E-state index < -0.39 is 5.91 Å². The fourth-order valence-electron chi connectivity index (χ4n) is 1.57. The second-order valence-electron chi connectivity index (χ2n) is 3.87. The van der Waals surface area contributed by atoms with E-state index in [4.69, 9.17) is 17.3 Å². The topological polar surface area (TPSA) is 85.9 Å². The molecule has 2 aromatic heterocycles. The van der Waals surface area contributed by atoms with Gasteiger partial charge in [-0.15, -0.1) is 0 Å². The van der Waals surface area contributed by atoms with Gasteiger partial charge in [-0.2, -0.15) is 0 Å². The SMILES string of the molecule is NC(=O)c1ccnc(CC(=O)c2ccnc(Cl)c2)c1. The van der Waals surface area contributed by atoms with Gasteiger partial charge in [0.1, 0.15) is 5.15 Å². The highest BCUT2D eigenvalue weighted by atomic mass is 35.5. The number of Topliss-reactive ketones (excluding diaryl/α,β-unsaturated/α-hetero) is 1. The number of amides is 1. The Balaban J connectivity index is 2.19. The number of carbonyl (C=O) groups excluding carboxylic acids is 2. The number of primary amides is 1. The summed E-state index contributed by atoms with van der Waals surface area (Å²) < 4.78 is 0. The smallest absolute Gasteiger partial charge is 0.248 e. The number of ketones is 1. The van der Waals surface area contributed by atoms with Crippen LogP contribution in [-0.4, -0.2) is 21.7 Å². The lowest BCUT2D eigenvalue weighted by atomic mass is 10.1. The minimum atomic E-state index is -0.553. The van der Waals surface area contributed by atoms with Crippen LogP contribution in [0.25, 0.3) is 0 Å². The normalized spacial score (nSPS) is 10.2. The van der Waals surface area contributed by atoms with Gasteiger partial charge >= 0.3 is 0 Å². The minimum Gasteiger partial charge on any atom is -0.366 e. The van der Waals surface area contributed by atoms with Gasteiger partial charge in [0.2, 0.25) is 5.91 Å². The predicted molar refractivity (Wildman–Crippen MR) is 70.0 cm³/mol. The first-order valence-electron chi connectivity index (χ1n) is 5.46. The Hall–Kier alpha value is -2.27. The van der Waals surface area contributed by atoms with Crippen molar-refractivity contribution in [3.63, 3.8) is 0 Å². The zero-order valence-electron chi connectivity index (χ0n) is 9.84. The maximum atomic E-state index is 12.0. The van der Waals surface area contributed by atoms with Gasteiger partial charge in [-0.3, -0.25) is 14.6 Å². The third-order valence-electron chi connectivity index (χ3n) is 2.49. The average Bonchev–Trinajstić information content (AvgIpc) is 2.39. The molecule has 1 amide bonds. The molecule has 0 saturated heterocycles. The predicted octanol–water partition coefficient (Wildman–Crippen LogP) is 1.65. The molecule has 6 heteroatoms. The summed E-state index contributed by atoms with van der Waals surface area (Å²) in [6.45, 7) is 0. The molecule has 0 saturated carbocycles. The lowest BCUT2D eigenvalue weighted by Crippen LogP contribution is -2.12. The molecule has 5 nitrogen and oxygen atoms in total. The lowest BCUT2D eigenvalue weighted by molar-refractivity contribution is 0.0983. The van der Waals surface area contributed by atoms with E-state index in [1.165, 1.54) is 30.6 Å². The molecule has 0 bridgehead atoms. The van der Waals surface area contributed by atoms with Crippen LogP contribution in [0.5, 0.6) is 0 Å². The fraction of sp³-hybridized carbons (Fsp3) is 0.0769. The highest BCUT2D eigenvalue weighted by Crippen LogP contribution is 2.11. The maximum Gasteiger partial charge on any atom is 0.248 e. The van der Waals surface area contributed by atoms with Gasteiger partial charge in [-0.25, -0.2) is 4.98 Å². The molecule has 2 heterocycles. The molecule has 0 spiro atoms. The zero-order chi connectivity index (χ0) is 13.8. The molecule has 0 atom stereocenters. The van der Waals surface area contributed by atoms with E-state index >= 15 is 0 Å². The molecule has 19 heavy (non-hydrogen) atoms. The number of halogens is 1. The molecule has 0 aliphatic carbocycles. The van der Waals surface area contributed by atoms with Gasteiger partial charge < -0.3 is 5.73 Å². The van der Waals surface area contributed by atoms with Crippen LogP contribution in [-0.2, 0) is 6.42 Å². The summed E-state index contributed by atoms with van der Waals surface area (Å²) in [6.07, 6.45) is 2.98. The van der Waals surface area contributed by atoms with Crippen molar-refractivity contribution in [1.29, 1.82) is 0 Å². The van der Waals surface area contributed by atoms with Gasteiger partial charge in [0.05, 0.1) is 6.42 Å². The van der Waals surface area contributed by atoms with Gasteiger partial charge in [0.25, 0.3) is 0 Å². The average molecular weight is 276 g/mol. The first kappa shape index (κ1) is 13.2. The van der Waals surface area contributed by atoms with Crippen molar-refractivity contribution in [1.82, 2.24) is 9.97 Å². The van der Waals surface area contributed by atoms with Gasteiger partial charge in [-0.1, -0.05) is 11.6 Å². The van der Waals surface area contributed by atoms with Crippen LogP contribution >= 0.6 is 11.6 Å². The van der Waals surface area contributed by atoms with E-state index in [0.717, 1.165) is 0 Å². The summed E-state index contributed by atoms with van der Waals surface area (Å²) in [6, 6.07) is 6.07. The van der Waals surface area contributed by atoms with Crippen molar-refractivity contribution in [2.24, 2.45) is 5.73 Å². The molecule has 0 aliphatic rings. The standard InChI is InChI=1S/C13H10ClN3O2/c14-12-6-8(1-4-17-12)11(18)7-10-5-9(13(15)19)2-3-16-10/h1-6H,7H2,(H2,15,19). The molecule has 96 valence electrons. The summed E-state index contributed by atoms with van der Waals surface area (Å²) >= 11 is 5.72. The van der Waals surface area contributed by atoms with Crippen LogP contribution < -0.4 is 5.73 Å². The van der Waals surface area contributed by atoms with Crippen molar-refractivity contribution in [2.75, 3.05) is 0 Å². The van der Waals surface area contributed by atoms with E-state index in [1.807, 2.05) is 0 Å². The van der Waals surface area contributed by atoms with Crippen molar-refractivity contribution in [2.45, 2.75) is 6.42 Å². The van der Waals surface area contributed by atoms with Crippen molar-refractivity contribution >= 4 is 23.3 Å². The minimum absolute atomic E-state index is 0.0709. The Morgan fingerprint density at radius 1 is 1.11 bits per heavy atom. The Labute approximate surface area is 114 Å². The maximum absolute atomic E-state index is 12.0. The Morgan fingerprint density at radius 3 is 2.47 bits per heavy atom. The molecule has 0 fully saturated rings. The number of nitrogens with zero attached hydrogens (tertiary/aromatic N) is 2. The Morgan fingerprint density at radius 2 is 1.79 bits per heavy atom. The second kappa shape index (κ2) is 5.58. The highest BCUT2D eigenvalue weighted by Gasteiger charge is 2.10. The second-order valence-corrected chi connectivity index (χ2v) is 4.25. The van der Waals surface area contributed by atoms with Gasteiger partial charge in [0, 0.05) is 29.2 Å². The summed E-state index contributed by atoms with van der Waals surface area (Å²) in [4.78, 5) is 30.9. The lowest BCUT2D eigenvalue weighted by Gasteiger charge is -2.02. The molecule has 0 unspecified atom stereocenters. The fourth-order valence-corrected chi connectivity index (χ4v) is 1.74. The Kier molecular flexibility index (Phi) is 3.87. The molecule has 2 aromatic rings. The van der Waals surface area contributed by atoms with E-state index in [-0.39, 0.29) is 17.4 Å². The van der Waals surface area contributed by atoms with E-state index in [9.17, 15) is 9.59 Å². The van der Waals surface area contributed by atoms with Crippen LogP contribution in [0, 0.1) is 0 Å². The third kappa shape index (κ3) is 3.35. The van der Waals surface area contributed by atoms with E-state index in [2.05, 4.69) is 9.97 Å². The van der Waals surface area contributed by atoms with E-state index in [0.29, 0.717) is 16.8 Å². The first-order valence-corrected chi connectivity index (χ1v) is 5.83.